The van der Waals surface area contributed by atoms with Gasteiger partial charge in [0.05, 0.1) is 38.8 Å². The number of para-hydroxylation sites is 8. The number of imidazole rings is 2. The molecule has 1 aliphatic rings. The summed E-state index contributed by atoms with van der Waals surface area (Å²) in [5.41, 5.74) is 14.8. The largest absolute Gasteiger partial charge is 0.458 e. The zero-order chi connectivity index (χ0) is 36.0. The van der Waals surface area contributed by atoms with Crippen LogP contribution >= 0.6 is 0 Å². The lowest BCUT2D eigenvalue weighted by Crippen LogP contribution is -2.55. The molecule has 5 nitrogen and oxygen atoms in total. The Bertz CT molecular complexity index is 3290. The zero-order valence-corrected chi connectivity index (χ0v) is 29.7. The fraction of sp³-hybridized carbons (Fsp3) is 0. The summed E-state index contributed by atoms with van der Waals surface area (Å²) in [7, 11) is 0. The van der Waals surface area contributed by atoms with E-state index in [1.165, 1.54) is 38.3 Å². The van der Waals surface area contributed by atoms with Crippen LogP contribution in [0.5, 0.6) is 11.5 Å². The summed E-state index contributed by atoms with van der Waals surface area (Å²) < 4.78 is 13.5. The molecule has 11 aromatic rings. The Balaban J connectivity index is 1.09. The Morgan fingerprint density at radius 1 is 0.418 bits per heavy atom. The second-order valence-electron chi connectivity index (χ2n) is 14.3. The highest BCUT2D eigenvalue weighted by Crippen LogP contribution is 2.38. The van der Waals surface area contributed by atoms with E-state index in [-0.39, 0.29) is 6.71 Å². The van der Waals surface area contributed by atoms with E-state index in [1.807, 2.05) is 0 Å². The Hall–Kier alpha value is -7.31. The Morgan fingerprint density at radius 3 is 1.80 bits per heavy atom. The highest BCUT2D eigenvalue weighted by molar-refractivity contribution is 6.97. The van der Waals surface area contributed by atoms with Gasteiger partial charge in [-0.3, -0.25) is 8.97 Å². The molecule has 0 spiro atoms. The van der Waals surface area contributed by atoms with Crippen LogP contribution in [0.3, 0.4) is 0 Å². The van der Waals surface area contributed by atoms with Crippen LogP contribution in [0.2, 0.25) is 0 Å². The van der Waals surface area contributed by atoms with Gasteiger partial charge < -0.3 is 9.30 Å². The summed E-state index contributed by atoms with van der Waals surface area (Å²) in [6.45, 7) is 0.0126. The molecule has 0 atom stereocenters. The SMILES string of the molecule is c1ccc2c(c1)Oc1ccccc1B2c1ccccc1-c1ccccc1-n1c2ccccc2c2cc(-n3c4ccccc4n4c5ccccc5nc34)ccc21. The van der Waals surface area contributed by atoms with Gasteiger partial charge in [-0.25, -0.2) is 4.98 Å². The second kappa shape index (κ2) is 11.6. The Morgan fingerprint density at radius 2 is 1.00 bits per heavy atom. The quantitative estimate of drug-likeness (QED) is 0.171. The third-order valence-corrected chi connectivity index (χ3v) is 11.4. The molecule has 256 valence electrons. The zero-order valence-electron chi connectivity index (χ0n) is 29.7. The molecule has 0 saturated heterocycles. The van der Waals surface area contributed by atoms with Gasteiger partial charge in [0.25, 0.3) is 6.71 Å². The van der Waals surface area contributed by atoms with E-state index in [1.54, 1.807) is 0 Å². The van der Waals surface area contributed by atoms with Crippen LogP contribution < -0.4 is 21.1 Å². The van der Waals surface area contributed by atoms with Crippen LogP contribution in [0.4, 0.5) is 0 Å². The molecule has 4 heterocycles. The monoisotopic (exact) mass is 702 g/mol. The molecule has 0 amide bonds. The number of fused-ring (bicyclic) bond motifs is 10. The lowest BCUT2D eigenvalue weighted by atomic mass is 9.35. The van der Waals surface area contributed by atoms with Gasteiger partial charge in [0.15, 0.2) is 0 Å². The molecular formula is C49H31BN4O. The minimum atomic E-state index is 0.0126. The molecule has 0 N–H and O–H groups in total. The highest BCUT2D eigenvalue weighted by atomic mass is 16.5. The fourth-order valence-corrected chi connectivity index (χ4v) is 9.10. The second-order valence-corrected chi connectivity index (χ2v) is 14.3. The molecule has 6 heteroatoms. The van der Waals surface area contributed by atoms with Crippen molar-refractivity contribution in [1.29, 1.82) is 0 Å². The van der Waals surface area contributed by atoms with Crippen molar-refractivity contribution in [3.63, 3.8) is 0 Å². The molecule has 0 saturated carbocycles. The number of benzene rings is 8. The van der Waals surface area contributed by atoms with E-state index in [0.29, 0.717) is 0 Å². The number of rotatable bonds is 4. The van der Waals surface area contributed by atoms with Crippen LogP contribution in [-0.2, 0) is 0 Å². The van der Waals surface area contributed by atoms with Crippen molar-refractivity contribution >= 4 is 72.8 Å². The highest BCUT2D eigenvalue weighted by Gasteiger charge is 2.34. The van der Waals surface area contributed by atoms with Crippen molar-refractivity contribution < 1.29 is 4.74 Å². The third-order valence-electron chi connectivity index (χ3n) is 11.4. The van der Waals surface area contributed by atoms with Crippen molar-refractivity contribution in [3.05, 3.63) is 188 Å². The molecule has 0 unspecified atom stereocenters. The molecule has 0 fully saturated rings. The van der Waals surface area contributed by atoms with E-state index in [9.17, 15) is 0 Å². The van der Waals surface area contributed by atoms with Gasteiger partial charge >= 0.3 is 0 Å². The summed E-state index contributed by atoms with van der Waals surface area (Å²) >= 11 is 0. The average molecular weight is 703 g/mol. The fourth-order valence-electron chi connectivity index (χ4n) is 9.10. The van der Waals surface area contributed by atoms with E-state index < -0.39 is 0 Å². The molecule has 1 aliphatic heterocycles. The topological polar surface area (TPSA) is 36.4 Å². The van der Waals surface area contributed by atoms with Gasteiger partial charge in [0.2, 0.25) is 5.78 Å². The lowest BCUT2D eigenvalue weighted by molar-refractivity contribution is 0.487. The molecule has 12 rings (SSSR count). The molecule has 0 aliphatic carbocycles. The molecule has 55 heavy (non-hydrogen) atoms. The molecule has 8 aromatic carbocycles. The maximum Gasteiger partial charge on any atom is 0.251 e. The average Bonchev–Trinajstić information content (AvgIpc) is 3.89. The van der Waals surface area contributed by atoms with E-state index in [4.69, 9.17) is 9.72 Å². The van der Waals surface area contributed by atoms with Gasteiger partial charge in [-0.1, -0.05) is 127 Å². The van der Waals surface area contributed by atoms with Gasteiger partial charge in [0.1, 0.15) is 11.5 Å². The first-order valence-electron chi connectivity index (χ1n) is 18.8. The minimum absolute atomic E-state index is 0.0126. The van der Waals surface area contributed by atoms with Crippen molar-refractivity contribution in [2.75, 3.05) is 0 Å². The van der Waals surface area contributed by atoms with Crippen LogP contribution in [0.1, 0.15) is 0 Å². The number of ether oxygens (including phenoxy) is 1. The molecule has 0 bridgehead atoms. The number of aromatic nitrogens is 4. The van der Waals surface area contributed by atoms with Crippen LogP contribution in [-0.4, -0.2) is 25.2 Å². The molecule has 0 radical (unpaired) electrons. The Kier molecular flexibility index (Phi) is 6.36. The predicted molar refractivity (Wildman–Crippen MR) is 227 cm³/mol. The minimum Gasteiger partial charge on any atom is -0.458 e. The van der Waals surface area contributed by atoms with E-state index in [2.05, 4.69) is 202 Å². The third kappa shape index (κ3) is 4.33. The van der Waals surface area contributed by atoms with Crippen LogP contribution in [0.15, 0.2) is 188 Å². The maximum absolute atomic E-state index is 6.44. The number of nitrogens with zero attached hydrogens (tertiary/aromatic N) is 4. The standard InChI is InChI=1S/C49H31BN4O/c1-4-18-37(50-38-19-5-13-27-47(38)55-48-28-14-6-20-39(48)50)33(15-1)34-16-2-8-22-41(34)53-42-23-9-3-17-35(42)36-31-32(29-30-43(36)53)52-45-25-11-12-26-46(45)54-44-24-10-7-21-40(44)51-49(52)54/h1-31H. The van der Waals surface area contributed by atoms with E-state index >= 15 is 0 Å². The number of hydrogen-bond acceptors (Lipinski definition) is 2. The smallest absolute Gasteiger partial charge is 0.251 e. The summed E-state index contributed by atoms with van der Waals surface area (Å²) in [6, 6.07) is 67.2. The van der Waals surface area contributed by atoms with Gasteiger partial charge in [-0.15, -0.1) is 0 Å². The summed E-state index contributed by atoms with van der Waals surface area (Å²) in [5, 5.41) is 2.39. The predicted octanol–water partition coefficient (Wildman–Crippen LogP) is 9.82. The van der Waals surface area contributed by atoms with Gasteiger partial charge in [0, 0.05) is 22.0 Å². The van der Waals surface area contributed by atoms with Crippen molar-refractivity contribution in [2.24, 2.45) is 0 Å². The van der Waals surface area contributed by atoms with Gasteiger partial charge in [-0.2, -0.15) is 0 Å². The Labute approximate surface area is 317 Å². The first kappa shape index (κ1) is 30.2. The lowest BCUT2D eigenvalue weighted by Gasteiger charge is -2.28. The van der Waals surface area contributed by atoms with Gasteiger partial charge in [-0.05, 0) is 83.2 Å². The normalized spacial score (nSPS) is 12.5. The van der Waals surface area contributed by atoms with Crippen LogP contribution in [0.25, 0.3) is 72.2 Å². The summed E-state index contributed by atoms with van der Waals surface area (Å²) in [6.07, 6.45) is 0. The first-order chi connectivity index (χ1) is 27.3. The molecular weight excluding hydrogens is 671 g/mol. The maximum atomic E-state index is 6.44. The van der Waals surface area contributed by atoms with Crippen LogP contribution in [0, 0.1) is 0 Å². The van der Waals surface area contributed by atoms with Crippen molar-refractivity contribution in [2.45, 2.75) is 0 Å². The molecule has 3 aromatic heterocycles. The van der Waals surface area contributed by atoms with E-state index in [0.717, 1.165) is 61.8 Å². The van der Waals surface area contributed by atoms with Crippen molar-refractivity contribution in [1.82, 2.24) is 18.5 Å². The van der Waals surface area contributed by atoms with Crippen molar-refractivity contribution in [3.8, 4) is 34.0 Å². The first-order valence-corrected chi connectivity index (χ1v) is 18.8. The summed E-state index contributed by atoms with van der Waals surface area (Å²) in [5.74, 6) is 2.72. The number of hydrogen-bond donors (Lipinski definition) is 0. The summed E-state index contributed by atoms with van der Waals surface area (Å²) in [4.78, 5) is 5.16.